The molecule has 0 aliphatic heterocycles. The molecule has 0 atom stereocenters. The van der Waals surface area contributed by atoms with Gasteiger partial charge in [-0.3, -0.25) is 4.79 Å². The van der Waals surface area contributed by atoms with Crippen molar-refractivity contribution in [2.24, 2.45) is 0 Å². The first kappa shape index (κ1) is 17.7. The Kier molecular flexibility index (Phi) is 5.69. The largest absolute Gasteiger partial charge is 0.508 e. The van der Waals surface area contributed by atoms with E-state index in [1.807, 2.05) is 6.07 Å². The fourth-order valence-corrected chi connectivity index (χ4v) is 2.21. The number of benzene rings is 2. The highest BCUT2D eigenvalue weighted by Gasteiger charge is 2.13. The summed E-state index contributed by atoms with van der Waals surface area (Å²) < 4.78 is 0. The molecule has 2 aromatic rings. The van der Waals surface area contributed by atoms with Gasteiger partial charge >= 0.3 is 0 Å². The maximum atomic E-state index is 12.3. The molecule has 122 valence electrons. The smallest absolute Gasteiger partial charge is 0.267 e. The van der Waals surface area contributed by atoms with E-state index in [2.05, 4.69) is 5.32 Å². The van der Waals surface area contributed by atoms with Crippen LogP contribution in [0.1, 0.15) is 0 Å². The van der Waals surface area contributed by atoms with Gasteiger partial charge in [0.15, 0.2) is 0 Å². The van der Waals surface area contributed by atoms with E-state index >= 15 is 0 Å². The molecule has 5 nitrogen and oxygen atoms in total. The van der Waals surface area contributed by atoms with E-state index in [9.17, 15) is 15.2 Å². The van der Waals surface area contributed by atoms with Crippen molar-refractivity contribution in [2.45, 2.75) is 0 Å². The van der Waals surface area contributed by atoms with Crippen LogP contribution in [0.15, 0.2) is 54.2 Å². The number of hydrogen-bond acceptors (Lipinski definition) is 4. The maximum absolute atomic E-state index is 12.3. The van der Waals surface area contributed by atoms with Gasteiger partial charge in [0.1, 0.15) is 17.4 Å². The molecule has 0 fully saturated rings. The van der Waals surface area contributed by atoms with Crippen LogP contribution in [0.2, 0.25) is 10.0 Å². The predicted molar refractivity (Wildman–Crippen MR) is 95.3 cm³/mol. The van der Waals surface area contributed by atoms with Crippen molar-refractivity contribution in [3.63, 3.8) is 0 Å². The number of carbonyl (C=O) groups is 1. The number of carbonyl (C=O) groups excluding carboxylic acids is 1. The van der Waals surface area contributed by atoms with Crippen LogP contribution in [0.3, 0.4) is 0 Å². The molecule has 0 unspecified atom stereocenters. The molecule has 0 aliphatic carbocycles. The average Bonchev–Trinajstić information content (AvgIpc) is 2.56. The van der Waals surface area contributed by atoms with Crippen LogP contribution in [0.5, 0.6) is 5.75 Å². The van der Waals surface area contributed by atoms with Crippen LogP contribution in [0.4, 0.5) is 11.4 Å². The van der Waals surface area contributed by atoms with Gasteiger partial charge in [0.2, 0.25) is 0 Å². The van der Waals surface area contributed by atoms with E-state index in [1.165, 1.54) is 24.4 Å². The number of nitrogens with zero attached hydrogens (tertiary/aromatic N) is 2. The number of amides is 1. The van der Waals surface area contributed by atoms with Gasteiger partial charge in [0.25, 0.3) is 5.91 Å². The van der Waals surface area contributed by atoms with E-state index in [0.29, 0.717) is 21.4 Å². The minimum atomic E-state index is -0.604. The van der Waals surface area contributed by atoms with Crippen LogP contribution in [0.25, 0.3) is 0 Å². The summed E-state index contributed by atoms with van der Waals surface area (Å²) in [7, 11) is 1.68. The molecule has 0 saturated heterocycles. The van der Waals surface area contributed by atoms with Gasteiger partial charge in [-0.2, -0.15) is 5.26 Å². The van der Waals surface area contributed by atoms with Crippen molar-refractivity contribution in [3.8, 4) is 11.8 Å². The molecule has 2 aromatic carbocycles. The lowest BCUT2D eigenvalue weighted by molar-refractivity contribution is -0.112. The van der Waals surface area contributed by atoms with Crippen LogP contribution >= 0.6 is 23.2 Å². The Labute approximate surface area is 149 Å². The molecule has 0 aliphatic rings. The third-order valence-electron chi connectivity index (χ3n) is 3.12. The van der Waals surface area contributed by atoms with E-state index < -0.39 is 5.91 Å². The number of rotatable bonds is 4. The molecule has 0 saturated carbocycles. The molecule has 7 heteroatoms. The molecule has 2 N–H and O–H groups in total. The van der Waals surface area contributed by atoms with Crippen LogP contribution in [-0.4, -0.2) is 18.1 Å². The zero-order valence-electron chi connectivity index (χ0n) is 12.6. The fourth-order valence-electron chi connectivity index (χ4n) is 1.88. The van der Waals surface area contributed by atoms with Gasteiger partial charge in [-0.05, 0) is 42.5 Å². The van der Waals surface area contributed by atoms with Crippen molar-refractivity contribution < 1.29 is 9.90 Å². The van der Waals surface area contributed by atoms with Crippen molar-refractivity contribution in [2.75, 3.05) is 17.3 Å². The first-order valence-corrected chi connectivity index (χ1v) is 7.56. The number of nitrogens with one attached hydrogen (secondary N) is 1. The van der Waals surface area contributed by atoms with Gasteiger partial charge in [-0.15, -0.1) is 0 Å². The second kappa shape index (κ2) is 7.73. The van der Waals surface area contributed by atoms with Gasteiger partial charge in [-0.1, -0.05) is 23.2 Å². The number of aromatic hydroxyl groups is 1. The van der Waals surface area contributed by atoms with Crippen molar-refractivity contribution in [1.82, 2.24) is 0 Å². The Morgan fingerprint density at radius 2 is 1.92 bits per heavy atom. The summed E-state index contributed by atoms with van der Waals surface area (Å²) in [4.78, 5) is 13.9. The monoisotopic (exact) mass is 361 g/mol. The third kappa shape index (κ3) is 4.42. The molecule has 2 rings (SSSR count). The summed E-state index contributed by atoms with van der Waals surface area (Å²) >= 11 is 11.9. The van der Waals surface area contributed by atoms with Gasteiger partial charge in [-0.25, -0.2) is 0 Å². The van der Waals surface area contributed by atoms with E-state index in [4.69, 9.17) is 23.2 Å². The molecule has 0 spiro atoms. The Bertz CT molecular complexity index is 827. The molecular formula is C17H13Cl2N3O2. The van der Waals surface area contributed by atoms with Crippen molar-refractivity contribution in [3.05, 3.63) is 64.3 Å². The van der Waals surface area contributed by atoms with E-state index in [-0.39, 0.29) is 11.3 Å². The Morgan fingerprint density at radius 1 is 1.25 bits per heavy atom. The van der Waals surface area contributed by atoms with Crippen molar-refractivity contribution >= 4 is 40.5 Å². The lowest BCUT2D eigenvalue weighted by atomic mass is 10.2. The van der Waals surface area contributed by atoms with Gasteiger partial charge in [0.05, 0.1) is 10.7 Å². The third-order valence-corrected chi connectivity index (χ3v) is 3.69. The fraction of sp³-hybridized carbons (Fsp3) is 0.0588. The minimum Gasteiger partial charge on any atom is -0.508 e. The number of phenolic OH excluding ortho intramolecular Hbond substituents is 1. The second-order valence-electron chi connectivity index (χ2n) is 4.86. The highest BCUT2D eigenvalue weighted by molar-refractivity contribution is 6.35. The first-order chi connectivity index (χ1) is 11.4. The summed E-state index contributed by atoms with van der Waals surface area (Å²) in [6, 6.07) is 12.8. The average molecular weight is 362 g/mol. The SMILES string of the molecule is CN(/C=C(/C#N)C(=O)Nc1cc(Cl)ccc1Cl)c1ccc(O)cc1. The Morgan fingerprint density at radius 3 is 2.54 bits per heavy atom. The summed E-state index contributed by atoms with van der Waals surface area (Å²) in [5, 5.41) is 21.8. The molecule has 0 heterocycles. The standard InChI is InChI=1S/C17H13Cl2N3O2/c1-22(13-3-5-14(23)6-4-13)10-11(9-20)17(24)21-16-8-12(18)2-7-15(16)19/h2-8,10,23H,1H3,(H,21,24)/b11-10-. The normalized spacial score (nSPS) is 10.8. The number of nitriles is 1. The Hall–Kier alpha value is -2.68. The van der Waals surface area contributed by atoms with Crippen LogP contribution < -0.4 is 10.2 Å². The summed E-state index contributed by atoms with van der Waals surface area (Å²) in [5.41, 5.74) is 0.915. The highest BCUT2D eigenvalue weighted by Crippen LogP contribution is 2.26. The summed E-state index contributed by atoms with van der Waals surface area (Å²) in [6.45, 7) is 0. The van der Waals surface area contributed by atoms with Gasteiger partial charge < -0.3 is 15.3 Å². The van der Waals surface area contributed by atoms with E-state index in [0.717, 1.165) is 0 Å². The first-order valence-electron chi connectivity index (χ1n) is 6.81. The zero-order chi connectivity index (χ0) is 17.7. The quantitative estimate of drug-likeness (QED) is 0.632. The number of halogens is 2. The second-order valence-corrected chi connectivity index (χ2v) is 5.70. The molecule has 0 aromatic heterocycles. The summed E-state index contributed by atoms with van der Waals surface area (Å²) in [5.74, 6) is -0.475. The predicted octanol–water partition coefficient (Wildman–Crippen LogP) is 4.18. The topological polar surface area (TPSA) is 76.4 Å². The summed E-state index contributed by atoms with van der Waals surface area (Å²) in [6.07, 6.45) is 1.39. The number of phenols is 1. The zero-order valence-corrected chi connectivity index (χ0v) is 14.1. The molecule has 0 radical (unpaired) electrons. The van der Waals surface area contributed by atoms with Crippen molar-refractivity contribution in [1.29, 1.82) is 5.26 Å². The Balaban J connectivity index is 2.20. The van der Waals surface area contributed by atoms with Crippen LogP contribution in [-0.2, 0) is 4.79 Å². The van der Waals surface area contributed by atoms with Crippen LogP contribution in [0, 0.1) is 11.3 Å². The maximum Gasteiger partial charge on any atom is 0.267 e. The molecule has 24 heavy (non-hydrogen) atoms. The number of hydrogen-bond donors (Lipinski definition) is 2. The molecule has 0 bridgehead atoms. The number of anilines is 2. The molecular weight excluding hydrogens is 349 g/mol. The molecule has 1 amide bonds. The lowest BCUT2D eigenvalue weighted by Crippen LogP contribution is -2.18. The lowest BCUT2D eigenvalue weighted by Gasteiger charge is -2.15. The van der Waals surface area contributed by atoms with Gasteiger partial charge in [0, 0.05) is 24.0 Å². The van der Waals surface area contributed by atoms with E-state index in [1.54, 1.807) is 36.2 Å². The highest BCUT2D eigenvalue weighted by atomic mass is 35.5. The minimum absolute atomic E-state index is 0.110.